The second-order valence-corrected chi connectivity index (χ2v) is 7.66. The average molecular weight is 333 g/mol. The van der Waals surface area contributed by atoms with Gasteiger partial charge >= 0.3 is 0 Å². The molecule has 0 spiro atoms. The second kappa shape index (κ2) is 6.22. The summed E-state index contributed by atoms with van der Waals surface area (Å²) in [5, 5.41) is 3.43. The van der Waals surface area contributed by atoms with E-state index >= 15 is 0 Å². The summed E-state index contributed by atoms with van der Waals surface area (Å²) in [6, 6.07) is 4.79. The van der Waals surface area contributed by atoms with Crippen molar-refractivity contribution in [2.75, 3.05) is 13.7 Å². The predicted molar refractivity (Wildman–Crippen MR) is 83.0 cm³/mol. The Bertz CT molecular complexity index is 621. The first kappa shape index (κ1) is 16.7. The zero-order chi connectivity index (χ0) is 15.7. The molecule has 0 aliphatic carbocycles. The molecule has 2 rings (SSSR count). The lowest BCUT2D eigenvalue weighted by molar-refractivity contribution is 0.0957. The Morgan fingerprint density at radius 2 is 2.19 bits per heavy atom. The molecule has 1 aliphatic rings. The highest BCUT2D eigenvalue weighted by Crippen LogP contribution is 2.28. The van der Waals surface area contributed by atoms with Crippen molar-refractivity contribution in [1.82, 2.24) is 10.0 Å². The minimum Gasteiger partial charge on any atom is -0.376 e. The van der Waals surface area contributed by atoms with Gasteiger partial charge < -0.3 is 10.1 Å². The molecule has 0 amide bonds. The van der Waals surface area contributed by atoms with Crippen LogP contribution in [0.3, 0.4) is 0 Å². The second-order valence-electron chi connectivity index (χ2n) is 5.57. The van der Waals surface area contributed by atoms with Crippen LogP contribution in [0.25, 0.3) is 0 Å². The summed E-state index contributed by atoms with van der Waals surface area (Å²) in [6.45, 7) is 4.88. The zero-order valence-electron chi connectivity index (χ0n) is 12.4. The van der Waals surface area contributed by atoms with Crippen LogP contribution in [0.15, 0.2) is 23.1 Å². The van der Waals surface area contributed by atoms with Crippen LogP contribution in [-0.4, -0.2) is 33.7 Å². The molecular weight excluding hydrogens is 312 g/mol. The van der Waals surface area contributed by atoms with E-state index in [9.17, 15) is 8.42 Å². The summed E-state index contributed by atoms with van der Waals surface area (Å²) in [7, 11) is -1.81. The molecule has 1 heterocycles. The first-order valence-electron chi connectivity index (χ1n) is 6.87. The number of benzene rings is 1. The van der Waals surface area contributed by atoms with Crippen LogP contribution in [0.4, 0.5) is 0 Å². The molecule has 1 fully saturated rings. The van der Waals surface area contributed by atoms with Crippen LogP contribution in [0, 0.1) is 0 Å². The van der Waals surface area contributed by atoms with E-state index in [0.29, 0.717) is 24.6 Å². The molecule has 7 heteroatoms. The van der Waals surface area contributed by atoms with E-state index in [0.717, 1.165) is 5.56 Å². The maximum atomic E-state index is 12.5. The van der Waals surface area contributed by atoms with Crippen molar-refractivity contribution in [2.45, 2.75) is 43.4 Å². The van der Waals surface area contributed by atoms with E-state index in [-0.39, 0.29) is 11.0 Å². The predicted octanol–water partition coefficient (Wildman–Crippen LogP) is 1.91. The third-order valence-corrected chi connectivity index (χ3v) is 5.92. The van der Waals surface area contributed by atoms with E-state index in [1.54, 1.807) is 12.1 Å². The molecule has 118 valence electrons. The molecular formula is C14H21ClN2O3S. The highest BCUT2D eigenvalue weighted by atomic mass is 35.5. The Labute approximate surface area is 131 Å². The van der Waals surface area contributed by atoms with Crippen molar-refractivity contribution >= 4 is 21.6 Å². The van der Waals surface area contributed by atoms with E-state index in [4.69, 9.17) is 16.3 Å². The fourth-order valence-corrected chi connectivity index (χ4v) is 4.20. The van der Waals surface area contributed by atoms with Gasteiger partial charge in [0.1, 0.15) is 0 Å². The molecule has 0 radical (unpaired) electrons. The first-order chi connectivity index (χ1) is 9.78. The van der Waals surface area contributed by atoms with Crippen molar-refractivity contribution in [3.63, 3.8) is 0 Å². The molecule has 1 aliphatic heterocycles. The molecule has 5 nitrogen and oxygen atoms in total. The van der Waals surface area contributed by atoms with Crippen molar-refractivity contribution in [2.24, 2.45) is 0 Å². The van der Waals surface area contributed by atoms with Crippen molar-refractivity contribution in [1.29, 1.82) is 0 Å². The van der Waals surface area contributed by atoms with Gasteiger partial charge in [0, 0.05) is 18.2 Å². The molecule has 2 atom stereocenters. The van der Waals surface area contributed by atoms with Gasteiger partial charge in [-0.2, -0.15) is 0 Å². The number of halogens is 1. The fourth-order valence-electron chi connectivity index (χ4n) is 2.36. The van der Waals surface area contributed by atoms with Gasteiger partial charge in [-0.1, -0.05) is 17.7 Å². The Kier molecular flexibility index (Phi) is 4.95. The summed E-state index contributed by atoms with van der Waals surface area (Å²) in [5.74, 6) is 0. The number of hydrogen-bond acceptors (Lipinski definition) is 4. The van der Waals surface area contributed by atoms with Crippen molar-refractivity contribution < 1.29 is 13.2 Å². The summed E-state index contributed by atoms with van der Waals surface area (Å²) >= 11 is 6.14. The van der Waals surface area contributed by atoms with Gasteiger partial charge in [-0.3, -0.25) is 0 Å². The minimum atomic E-state index is -3.62. The monoisotopic (exact) mass is 332 g/mol. The van der Waals surface area contributed by atoms with Gasteiger partial charge in [-0.05, 0) is 45.0 Å². The maximum Gasteiger partial charge on any atom is 0.241 e. The third-order valence-electron chi connectivity index (χ3n) is 3.96. The summed E-state index contributed by atoms with van der Waals surface area (Å²) < 4.78 is 33.3. The Hall–Kier alpha value is -0.660. The Morgan fingerprint density at radius 1 is 1.48 bits per heavy atom. The Balaban J connectivity index is 2.26. The lowest BCUT2D eigenvalue weighted by atomic mass is 9.97. The highest BCUT2D eigenvalue weighted by Gasteiger charge is 2.40. The molecule has 2 unspecified atom stereocenters. The number of nitrogens with one attached hydrogen (secondary N) is 2. The van der Waals surface area contributed by atoms with Crippen molar-refractivity contribution in [3.05, 3.63) is 28.8 Å². The largest absolute Gasteiger partial charge is 0.376 e. The molecule has 21 heavy (non-hydrogen) atoms. The standard InChI is InChI=1S/C14H21ClN2O3S/c1-10-14(2,6-7-20-10)17-21(18,19)12-5-4-11(9-16-3)13(15)8-12/h4-5,8,10,16-17H,6-7,9H2,1-3H3. The van der Waals surface area contributed by atoms with Crippen LogP contribution in [0.5, 0.6) is 0 Å². The molecule has 1 aromatic rings. The maximum absolute atomic E-state index is 12.5. The van der Waals surface area contributed by atoms with Crippen LogP contribution in [0.2, 0.25) is 5.02 Å². The van der Waals surface area contributed by atoms with Gasteiger partial charge in [-0.15, -0.1) is 0 Å². The summed E-state index contributed by atoms with van der Waals surface area (Å²) in [6.07, 6.45) is 0.491. The zero-order valence-corrected chi connectivity index (χ0v) is 14.0. The molecule has 0 aromatic heterocycles. The van der Waals surface area contributed by atoms with E-state index in [1.165, 1.54) is 6.07 Å². The van der Waals surface area contributed by atoms with Crippen LogP contribution in [-0.2, 0) is 21.3 Å². The number of sulfonamides is 1. The number of hydrogen-bond donors (Lipinski definition) is 2. The normalized spacial score (nSPS) is 26.2. The Morgan fingerprint density at radius 3 is 2.71 bits per heavy atom. The van der Waals surface area contributed by atoms with Gasteiger partial charge in [0.05, 0.1) is 16.5 Å². The summed E-state index contributed by atoms with van der Waals surface area (Å²) in [5.41, 5.74) is 0.275. The lowest BCUT2D eigenvalue weighted by Crippen LogP contribution is -2.50. The van der Waals surface area contributed by atoms with E-state index in [1.807, 2.05) is 20.9 Å². The summed E-state index contributed by atoms with van der Waals surface area (Å²) in [4.78, 5) is 0.174. The van der Waals surface area contributed by atoms with Gasteiger partial charge in [0.25, 0.3) is 0 Å². The molecule has 1 saturated heterocycles. The van der Waals surface area contributed by atoms with Gasteiger partial charge in [0.2, 0.25) is 10.0 Å². The van der Waals surface area contributed by atoms with Crippen LogP contribution < -0.4 is 10.0 Å². The average Bonchev–Trinajstić information content (AvgIpc) is 2.71. The topological polar surface area (TPSA) is 67.4 Å². The van der Waals surface area contributed by atoms with E-state index < -0.39 is 15.6 Å². The quantitative estimate of drug-likeness (QED) is 0.864. The SMILES string of the molecule is CNCc1ccc(S(=O)(=O)NC2(C)CCOC2C)cc1Cl. The molecule has 1 aromatic carbocycles. The third kappa shape index (κ3) is 3.57. The van der Waals surface area contributed by atoms with Crippen molar-refractivity contribution in [3.8, 4) is 0 Å². The van der Waals surface area contributed by atoms with Crippen LogP contribution >= 0.6 is 11.6 Å². The molecule has 0 saturated carbocycles. The molecule has 2 N–H and O–H groups in total. The highest BCUT2D eigenvalue weighted by molar-refractivity contribution is 7.89. The lowest BCUT2D eigenvalue weighted by Gasteiger charge is -2.28. The van der Waals surface area contributed by atoms with Gasteiger partial charge in [0.15, 0.2) is 0 Å². The smallest absolute Gasteiger partial charge is 0.241 e. The number of rotatable bonds is 5. The van der Waals surface area contributed by atoms with E-state index in [2.05, 4.69) is 10.0 Å². The fraction of sp³-hybridized carbons (Fsp3) is 0.571. The van der Waals surface area contributed by atoms with Crippen LogP contribution in [0.1, 0.15) is 25.8 Å². The van der Waals surface area contributed by atoms with Gasteiger partial charge in [-0.25, -0.2) is 13.1 Å². The minimum absolute atomic E-state index is 0.161. The molecule has 0 bridgehead atoms. The number of ether oxygens (including phenoxy) is 1. The first-order valence-corrected chi connectivity index (χ1v) is 8.73.